The molecule has 2 heterocycles. The molecular weight excluding hydrogens is 303 g/mol. The first kappa shape index (κ1) is 17.0. The molecule has 0 spiro atoms. The summed E-state index contributed by atoms with van der Waals surface area (Å²) in [7, 11) is -0.535. The molecule has 2 aromatic rings. The molecule has 0 aliphatic carbocycles. The lowest BCUT2D eigenvalue weighted by Crippen LogP contribution is -2.41. The third-order valence-electron chi connectivity index (χ3n) is 4.81. The number of aliphatic hydroxyl groups excluding tert-OH is 1. The first-order valence-electron chi connectivity index (χ1n) is 8.09. The van der Waals surface area contributed by atoms with Gasteiger partial charge in [-0.25, -0.2) is 0 Å². The molecule has 1 aromatic carbocycles. The fourth-order valence-electron chi connectivity index (χ4n) is 2.57. The van der Waals surface area contributed by atoms with Crippen LogP contribution in [0, 0.1) is 0 Å². The van der Waals surface area contributed by atoms with Gasteiger partial charge in [-0.05, 0) is 50.4 Å². The normalized spacial score (nSPS) is 19.7. The van der Waals surface area contributed by atoms with E-state index in [1.54, 1.807) is 6.20 Å². The summed E-state index contributed by atoms with van der Waals surface area (Å²) in [4.78, 5) is 0. The van der Waals surface area contributed by atoms with Gasteiger partial charge in [0.1, 0.15) is 0 Å². The lowest BCUT2D eigenvalue weighted by atomic mass is 9.77. The van der Waals surface area contributed by atoms with Crippen LogP contribution in [-0.2, 0) is 9.31 Å². The van der Waals surface area contributed by atoms with Crippen molar-refractivity contribution in [3.8, 4) is 11.3 Å². The molecule has 1 saturated heterocycles. The molecule has 0 bridgehead atoms. The highest BCUT2D eigenvalue weighted by molar-refractivity contribution is 6.55. The minimum absolute atomic E-state index is 0.112. The number of rotatable bonds is 4. The molecule has 0 amide bonds. The molecule has 3 rings (SSSR count). The summed E-state index contributed by atoms with van der Waals surface area (Å²) < 4.78 is 12.0. The molecule has 1 aromatic heterocycles. The first-order valence-corrected chi connectivity index (χ1v) is 8.09. The number of hydrogen-bond acceptors (Lipinski definition) is 4. The van der Waals surface area contributed by atoms with E-state index in [0.717, 1.165) is 16.8 Å². The number of aromatic nitrogens is 2. The van der Waals surface area contributed by atoms with Gasteiger partial charge in [-0.2, -0.15) is 5.10 Å². The summed E-state index contributed by atoms with van der Waals surface area (Å²) >= 11 is 0. The van der Waals surface area contributed by atoms with E-state index in [9.17, 15) is 5.11 Å². The zero-order chi connectivity index (χ0) is 17.4. The Morgan fingerprint density at radius 1 is 1.12 bits per heavy atom. The third kappa shape index (κ3) is 3.17. The first-order chi connectivity index (χ1) is 11.3. The van der Waals surface area contributed by atoms with Crippen LogP contribution in [0.5, 0.6) is 0 Å². The van der Waals surface area contributed by atoms with Crippen molar-refractivity contribution >= 4 is 13.2 Å². The molecule has 126 valence electrons. The Balaban J connectivity index is 1.81. The highest BCUT2D eigenvalue weighted by Gasteiger charge is 2.52. The number of aliphatic hydroxyl groups is 1. The largest absolute Gasteiger partial charge is 0.492 e. The maximum atomic E-state index is 9.75. The SMILES string of the molecule is CC1(C)OB(C(=Cc2ccc(-c3ccn[nH]3)cc2)CO)OC1(C)C. The van der Waals surface area contributed by atoms with Crippen molar-refractivity contribution in [3.63, 3.8) is 0 Å². The van der Waals surface area contributed by atoms with Crippen molar-refractivity contribution in [3.05, 3.63) is 47.6 Å². The van der Waals surface area contributed by atoms with Crippen molar-refractivity contribution in [1.29, 1.82) is 0 Å². The summed E-state index contributed by atoms with van der Waals surface area (Å²) in [6.45, 7) is 7.89. The van der Waals surface area contributed by atoms with Crippen LogP contribution >= 0.6 is 0 Å². The van der Waals surface area contributed by atoms with Crippen LogP contribution in [0.3, 0.4) is 0 Å². The monoisotopic (exact) mass is 326 g/mol. The standard InChI is InChI=1S/C18H23BN2O3/c1-17(2)18(3,4)24-19(23-17)15(12-22)11-13-5-7-14(8-6-13)16-9-10-20-21-16/h5-11,22H,12H2,1-4H3,(H,20,21). The van der Waals surface area contributed by atoms with Crippen LogP contribution in [0.4, 0.5) is 0 Å². The van der Waals surface area contributed by atoms with Crippen LogP contribution in [0.25, 0.3) is 17.3 Å². The lowest BCUT2D eigenvalue weighted by Gasteiger charge is -2.32. The average molecular weight is 326 g/mol. The van der Waals surface area contributed by atoms with Crippen LogP contribution in [0.2, 0.25) is 0 Å². The van der Waals surface area contributed by atoms with E-state index in [1.165, 1.54) is 0 Å². The Labute approximate surface area is 142 Å². The van der Waals surface area contributed by atoms with Crippen molar-refractivity contribution in [2.45, 2.75) is 38.9 Å². The Bertz CT molecular complexity index is 705. The maximum Gasteiger partial charge on any atom is 0.492 e. The fraction of sp³-hybridized carbons (Fsp3) is 0.389. The average Bonchev–Trinajstić information content (AvgIpc) is 3.12. The summed E-state index contributed by atoms with van der Waals surface area (Å²) in [5.41, 5.74) is 2.89. The second kappa shape index (κ2) is 6.20. The molecule has 24 heavy (non-hydrogen) atoms. The number of H-pyrrole nitrogens is 1. The van der Waals surface area contributed by atoms with Gasteiger partial charge < -0.3 is 14.4 Å². The zero-order valence-corrected chi connectivity index (χ0v) is 14.5. The Morgan fingerprint density at radius 3 is 2.25 bits per heavy atom. The van der Waals surface area contributed by atoms with Gasteiger partial charge in [-0.1, -0.05) is 30.3 Å². The Hall–Kier alpha value is -1.89. The summed E-state index contributed by atoms with van der Waals surface area (Å²) in [5, 5.41) is 16.7. The van der Waals surface area contributed by atoms with Gasteiger partial charge in [0.25, 0.3) is 0 Å². The number of aromatic amines is 1. The Morgan fingerprint density at radius 2 is 1.75 bits per heavy atom. The maximum absolute atomic E-state index is 9.75. The van der Waals surface area contributed by atoms with E-state index in [0.29, 0.717) is 5.47 Å². The van der Waals surface area contributed by atoms with Gasteiger partial charge in [0.15, 0.2) is 0 Å². The predicted octanol–water partition coefficient (Wildman–Crippen LogP) is 3.08. The van der Waals surface area contributed by atoms with E-state index in [2.05, 4.69) is 10.2 Å². The fourth-order valence-corrected chi connectivity index (χ4v) is 2.57. The lowest BCUT2D eigenvalue weighted by molar-refractivity contribution is 0.00578. The van der Waals surface area contributed by atoms with Crippen molar-refractivity contribution < 1.29 is 14.4 Å². The van der Waals surface area contributed by atoms with Gasteiger partial charge in [-0.3, -0.25) is 5.10 Å². The minimum atomic E-state index is -0.535. The number of hydrogen-bond donors (Lipinski definition) is 2. The molecule has 0 saturated carbocycles. The van der Waals surface area contributed by atoms with Crippen LogP contribution in [-0.4, -0.2) is 40.2 Å². The van der Waals surface area contributed by atoms with Gasteiger partial charge in [-0.15, -0.1) is 0 Å². The minimum Gasteiger partial charge on any atom is -0.400 e. The second-order valence-corrected chi connectivity index (χ2v) is 7.06. The molecule has 2 N–H and O–H groups in total. The van der Waals surface area contributed by atoms with Gasteiger partial charge in [0.05, 0.1) is 23.5 Å². The van der Waals surface area contributed by atoms with Gasteiger partial charge in [0, 0.05) is 6.20 Å². The van der Waals surface area contributed by atoms with Crippen molar-refractivity contribution in [1.82, 2.24) is 10.2 Å². The molecule has 0 unspecified atom stereocenters. The molecule has 1 aliphatic rings. The van der Waals surface area contributed by atoms with E-state index < -0.39 is 18.3 Å². The quantitative estimate of drug-likeness (QED) is 0.848. The number of benzene rings is 1. The van der Waals surface area contributed by atoms with Crippen LogP contribution in [0.15, 0.2) is 42.0 Å². The Kier molecular flexibility index (Phi) is 4.38. The van der Waals surface area contributed by atoms with Crippen LogP contribution < -0.4 is 0 Å². The summed E-state index contributed by atoms with van der Waals surface area (Å²) in [6, 6.07) is 9.94. The molecule has 0 radical (unpaired) electrons. The topological polar surface area (TPSA) is 67.4 Å². The number of nitrogens with one attached hydrogen (secondary N) is 1. The summed E-state index contributed by atoms with van der Waals surface area (Å²) in [6.07, 6.45) is 3.64. The van der Waals surface area contributed by atoms with E-state index in [1.807, 2.05) is 64.1 Å². The van der Waals surface area contributed by atoms with Crippen LogP contribution in [0.1, 0.15) is 33.3 Å². The molecular formula is C18H23BN2O3. The third-order valence-corrected chi connectivity index (χ3v) is 4.81. The van der Waals surface area contributed by atoms with Gasteiger partial charge in [0.2, 0.25) is 0 Å². The smallest absolute Gasteiger partial charge is 0.400 e. The van der Waals surface area contributed by atoms with E-state index >= 15 is 0 Å². The zero-order valence-electron chi connectivity index (χ0n) is 14.5. The van der Waals surface area contributed by atoms with E-state index in [4.69, 9.17) is 9.31 Å². The van der Waals surface area contributed by atoms with E-state index in [-0.39, 0.29) is 6.61 Å². The second-order valence-electron chi connectivity index (χ2n) is 7.06. The highest BCUT2D eigenvalue weighted by atomic mass is 16.7. The summed E-state index contributed by atoms with van der Waals surface area (Å²) in [5.74, 6) is 0. The van der Waals surface area contributed by atoms with Gasteiger partial charge >= 0.3 is 7.12 Å². The highest BCUT2D eigenvalue weighted by Crippen LogP contribution is 2.38. The molecule has 0 atom stereocenters. The van der Waals surface area contributed by atoms with Crippen molar-refractivity contribution in [2.24, 2.45) is 0 Å². The molecule has 1 aliphatic heterocycles. The molecule has 5 nitrogen and oxygen atoms in total. The van der Waals surface area contributed by atoms with Crippen molar-refractivity contribution in [2.75, 3.05) is 6.61 Å². The molecule has 6 heteroatoms. The predicted molar refractivity (Wildman–Crippen MR) is 95.2 cm³/mol. The molecule has 1 fully saturated rings. The number of nitrogens with zero attached hydrogens (tertiary/aromatic N) is 1.